The van der Waals surface area contributed by atoms with Gasteiger partial charge in [-0.15, -0.1) is 0 Å². The third-order valence-electron chi connectivity index (χ3n) is 7.50. The van der Waals surface area contributed by atoms with E-state index in [-0.39, 0.29) is 5.92 Å². The van der Waals surface area contributed by atoms with Gasteiger partial charge in [0.05, 0.1) is 13.2 Å². The highest BCUT2D eigenvalue weighted by Gasteiger charge is 2.42. The van der Waals surface area contributed by atoms with Crippen LogP contribution in [0, 0.1) is 11.8 Å². The van der Waals surface area contributed by atoms with E-state index < -0.39 is 11.6 Å². The van der Waals surface area contributed by atoms with Gasteiger partial charge in [-0.3, -0.25) is 4.90 Å². The Bertz CT molecular complexity index is 1140. The van der Waals surface area contributed by atoms with Crippen LogP contribution in [0.15, 0.2) is 84.9 Å². The summed E-state index contributed by atoms with van der Waals surface area (Å²) in [6.07, 6.45) is 1.92. The summed E-state index contributed by atoms with van der Waals surface area (Å²) in [5, 5.41) is 15.1. The number of carbonyl (C=O) groups excluding carboxylic acids is 1. The molecule has 2 fully saturated rings. The maximum absolute atomic E-state index is 13.5. The van der Waals surface area contributed by atoms with Crippen LogP contribution >= 0.6 is 0 Å². The molecular formula is C31H36N2O4. The SMILES string of the molecule is O=C(OCC1CCN(Cc2ccccc2)CC1)C(O)(c1ccccc1)c1cccc(OCC2CNC2)c1. The van der Waals surface area contributed by atoms with Crippen LogP contribution in [0.5, 0.6) is 5.75 Å². The molecule has 6 nitrogen and oxygen atoms in total. The Balaban J connectivity index is 1.23. The van der Waals surface area contributed by atoms with Gasteiger partial charge in [0.15, 0.2) is 0 Å². The summed E-state index contributed by atoms with van der Waals surface area (Å²) in [5.41, 5.74) is 0.339. The van der Waals surface area contributed by atoms with Crippen LogP contribution in [0.1, 0.15) is 29.5 Å². The summed E-state index contributed by atoms with van der Waals surface area (Å²) in [4.78, 5) is 16.0. The van der Waals surface area contributed by atoms with Crippen molar-refractivity contribution < 1.29 is 19.4 Å². The molecule has 2 N–H and O–H groups in total. The minimum Gasteiger partial charge on any atom is -0.493 e. The Morgan fingerprint density at radius 2 is 1.54 bits per heavy atom. The van der Waals surface area contributed by atoms with Crippen LogP contribution in [0.25, 0.3) is 0 Å². The zero-order chi connectivity index (χ0) is 25.5. The summed E-state index contributed by atoms with van der Waals surface area (Å²) in [7, 11) is 0. The lowest BCUT2D eigenvalue weighted by atomic mass is 9.86. The van der Waals surface area contributed by atoms with Crippen molar-refractivity contribution in [3.05, 3.63) is 102 Å². The van der Waals surface area contributed by atoms with Crippen molar-refractivity contribution >= 4 is 5.97 Å². The lowest BCUT2D eigenvalue weighted by Crippen LogP contribution is -2.45. The predicted octanol–water partition coefficient (Wildman–Crippen LogP) is 3.98. The first-order chi connectivity index (χ1) is 18.1. The van der Waals surface area contributed by atoms with Crippen LogP contribution < -0.4 is 10.1 Å². The normalized spacial score (nSPS) is 18.5. The van der Waals surface area contributed by atoms with E-state index in [1.807, 2.05) is 36.4 Å². The number of ether oxygens (including phenoxy) is 2. The molecule has 0 aromatic heterocycles. The van der Waals surface area contributed by atoms with Gasteiger partial charge in [0.25, 0.3) is 0 Å². The molecule has 2 aliphatic heterocycles. The molecule has 3 aromatic rings. The number of carbonyl (C=O) groups is 1. The van der Waals surface area contributed by atoms with E-state index in [1.54, 1.807) is 24.3 Å². The molecule has 0 bridgehead atoms. The highest BCUT2D eigenvalue weighted by atomic mass is 16.5. The van der Waals surface area contributed by atoms with Crippen molar-refractivity contribution in [2.75, 3.05) is 39.4 Å². The van der Waals surface area contributed by atoms with Crippen LogP contribution in [-0.2, 0) is 21.7 Å². The van der Waals surface area contributed by atoms with Crippen LogP contribution in [0.4, 0.5) is 0 Å². The average molecular weight is 501 g/mol. The van der Waals surface area contributed by atoms with Gasteiger partial charge >= 0.3 is 5.97 Å². The number of piperidine rings is 1. The lowest BCUT2D eigenvalue weighted by Gasteiger charge is -2.33. The van der Waals surface area contributed by atoms with E-state index >= 15 is 0 Å². The number of aliphatic hydroxyl groups is 1. The van der Waals surface area contributed by atoms with Gasteiger partial charge in [0, 0.05) is 31.1 Å². The second kappa shape index (κ2) is 11.9. The number of benzene rings is 3. The summed E-state index contributed by atoms with van der Waals surface area (Å²) in [6.45, 7) is 5.69. The van der Waals surface area contributed by atoms with Gasteiger partial charge in [-0.05, 0) is 55.1 Å². The Kier molecular flexibility index (Phi) is 8.19. The molecule has 37 heavy (non-hydrogen) atoms. The van der Waals surface area contributed by atoms with Gasteiger partial charge in [0.1, 0.15) is 5.75 Å². The quantitative estimate of drug-likeness (QED) is 0.411. The third kappa shape index (κ3) is 6.21. The number of rotatable bonds is 10. The molecule has 194 valence electrons. The fourth-order valence-corrected chi connectivity index (χ4v) is 5.02. The molecule has 0 aliphatic carbocycles. The van der Waals surface area contributed by atoms with Gasteiger partial charge in [0.2, 0.25) is 5.60 Å². The molecule has 0 spiro atoms. The number of hydrogen-bond acceptors (Lipinski definition) is 6. The molecule has 0 saturated carbocycles. The first-order valence-electron chi connectivity index (χ1n) is 13.3. The van der Waals surface area contributed by atoms with Crippen molar-refractivity contribution in [2.45, 2.75) is 25.0 Å². The van der Waals surface area contributed by atoms with Crippen molar-refractivity contribution in [1.82, 2.24) is 10.2 Å². The van der Waals surface area contributed by atoms with Gasteiger partial charge in [-0.1, -0.05) is 72.8 Å². The molecule has 1 unspecified atom stereocenters. The van der Waals surface area contributed by atoms with Crippen LogP contribution in [0.2, 0.25) is 0 Å². The minimum atomic E-state index is -1.91. The maximum atomic E-state index is 13.5. The maximum Gasteiger partial charge on any atom is 0.347 e. The zero-order valence-corrected chi connectivity index (χ0v) is 21.2. The van der Waals surface area contributed by atoms with Crippen LogP contribution in [0.3, 0.4) is 0 Å². The molecule has 0 radical (unpaired) electrons. The third-order valence-corrected chi connectivity index (χ3v) is 7.50. The summed E-state index contributed by atoms with van der Waals surface area (Å²) in [6, 6.07) is 26.7. The Morgan fingerprint density at radius 1 is 0.865 bits per heavy atom. The summed E-state index contributed by atoms with van der Waals surface area (Å²) < 4.78 is 11.8. The average Bonchev–Trinajstić information content (AvgIpc) is 2.92. The van der Waals surface area contributed by atoms with Crippen LogP contribution in [-0.4, -0.2) is 55.4 Å². The molecule has 6 heteroatoms. The monoisotopic (exact) mass is 500 g/mol. The second-order valence-corrected chi connectivity index (χ2v) is 10.2. The Hall–Kier alpha value is -3.19. The first kappa shape index (κ1) is 25.5. The van der Waals surface area contributed by atoms with E-state index in [2.05, 4.69) is 34.5 Å². The Morgan fingerprint density at radius 3 is 2.22 bits per heavy atom. The minimum absolute atomic E-state index is 0.279. The summed E-state index contributed by atoms with van der Waals surface area (Å²) >= 11 is 0. The smallest absolute Gasteiger partial charge is 0.347 e. The molecule has 2 heterocycles. The van der Waals surface area contributed by atoms with Crippen molar-refractivity contribution in [1.29, 1.82) is 0 Å². The molecule has 3 aromatic carbocycles. The van der Waals surface area contributed by atoms with Crippen molar-refractivity contribution in [3.8, 4) is 5.75 Å². The molecular weight excluding hydrogens is 464 g/mol. The van der Waals surface area contributed by atoms with Crippen molar-refractivity contribution in [2.24, 2.45) is 11.8 Å². The lowest BCUT2D eigenvalue weighted by molar-refractivity contribution is -0.164. The number of hydrogen-bond donors (Lipinski definition) is 2. The fraction of sp³-hybridized carbons (Fsp3) is 0.387. The van der Waals surface area contributed by atoms with E-state index in [9.17, 15) is 9.90 Å². The molecule has 2 aliphatic rings. The molecule has 0 amide bonds. The number of likely N-dealkylation sites (tertiary alicyclic amines) is 1. The van der Waals surface area contributed by atoms with E-state index in [0.29, 0.717) is 36.0 Å². The predicted molar refractivity (Wildman–Crippen MR) is 143 cm³/mol. The van der Waals surface area contributed by atoms with E-state index in [4.69, 9.17) is 9.47 Å². The highest BCUT2D eigenvalue weighted by molar-refractivity contribution is 5.85. The van der Waals surface area contributed by atoms with Crippen molar-refractivity contribution in [3.63, 3.8) is 0 Å². The van der Waals surface area contributed by atoms with Gasteiger partial charge in [-0.25, -0.2) is 4.79 Å². The number of nitrogens with one attached hydrogen (secondary N) is 1. The summed E-state index contributed by atoms with van der Waals surface area (Å²) in [5.74, 6) is 0.755. The van der Waals surface area contributed by atoms with Gasteiger partial charge < -0.3 is 19.9 Å². The van der Waals surface area contributed by atoms with Gasteiger partial charge in [-0.2, -0.15) is 0 Å². The van der Waals surface area contributed by atoms with E-state index in [1.165, 1.54) is 5.56 Å². The Labute approximate surface area is 219 Å². The topological polar surface area (TPSA) is 71.0 Å². The fourth-order valence-electron chi connectivity index (χ4n) is 5.02. The highest BCUT2D eigenvalue weighted by Crippen LogP contribution is 2.34. The second-order valence-electron chi connectivity index (χ2n) is 10.2. The molecule has 5 rings (SSSR count). The van der Waals surface area contributed by atoms with E-state index in [0.717, 1.165) is 45.6 Å². The largest absolute Gasteiger partial charge is 0.493 e. The molecule has 1 atom stereocenters. The number of esters is 1. The first-order valence-corrected chi connectivity index (χ1v) is 13.3. The molecule has 2 saturated heterocycles. The zero-order valence-electron chi connectivity index (χ0n) is 21.2. The number of nitrogens with zero attached hydrogens (tertiary/aromatic N) is 1. The standard InChI is InChI=1S/C31H36N2O4/c34-30(37-22-25-14-16-33(17-15-25)21-24-8-3-1-4-9-24)31(35,27-10-5-2-6-11-27)28-12-7-13-29(18-28)36-23-26-19-32-20-26/h1-13,18,25-26,32,35H,14-17,19-23H2.